The van der Waals surface area contributed by atoms with Gasteiger partial charge in [0, 0.05) is 0 Å². The molecule has 0 saturated heterocycles. The molecule has 0 aliphatic heterocycles. The van der Waals surface area contributed by atoms with Gasteiger partial charge < -0.3 is 0 Å². The summed E-state index contributed by atoms with van der Waals surface area (Å²) in [6, 6.07) is 16.2. The van der Waals surface area contributed by atoms with Crippen LogP contribution in [-0.4, -0.2) is 4.98 Å². The second-order valence-corrected chi connectivity index (χ2v) is 5.26. The molecule has 0 fully saturated rings. The molecule has 0 spiro atoms. The number of benzene rings is 2. The van der Waals surface area contributed by atoms with E-state index in [1.807, 2.05) is 36.4 Å². The van der Waals surface area contributed by atoms with Gasteiger partial charge in [-0.2, -0.15) is 0 Å². The van der Waals surface area contributed by atoms with Crippen molar-refractivity contribution in [3.05, 3.63) is 48.5 Å². The van der Waals surface area contributed by atoms with Gasteiger partial charge in [-0.3, -0.25) is 0 Å². The third-order valence-corrected chi connectivity index (χ3v) is 4.29. The van der Waals surface area contributed by atoms with Gasteiger partial charge in [0.05, 0.1) is 0 Å². The van der Waals surface area contributed by atoms with E-state index in [1.165, 1.54) is 4.70 Å². The molecule has 1 heterocycles. The average Bonchev–Trinajstić information content (AvgIpc) is 2.82. The summed E-state index contributed by atoms with van der Waals surface area (Å²) in [5, 5.41) is 1.02. The maximum absolute atomic E-state index is 5.49. The summed E-state index contributed by atoms with van der Waals surface area (Å²) in [4.78, 5) is 4.64. The molecule has 17 heavy (non-hydrogen) atoms. The Hall–Kier alpha value is -1.25. The first-order valence-electron chi connectivity index (χ1n) is 5.25. The monoisotopic (exact) mass is 290 g/mol. The van der Waals surface area contributed by atoms with Crippen LogP contribution in [0.25, 0.3) is 20.8 Å². The fourth-order valence-electron chi connectivity index (χ4n) is 1.76. The van der Waals surface area contributed by atoms with E-state index < -0.39 is 0 Å². The number of hydrogen-bond donors (Lipinski definition) is 0. The number of fused-ring (bicyclic) bond motifs is 1. The Kier molecular flexibility index (Phi) is 2.91. The quantitative estimate of drug-likeness (QED) is 0.670. The zero-order valence-electron chi connectivity index (χ0n) is 9.09. The van der Waals surface area contributed by atoms with Crippen molar-refractivity contribution < 1.29 is 22.2 Å². The van der Waals surface area contributed by atoms with Gasteiger partial charge in [-0.15, -0.1) is 0 Å². The molecule has 0 radical (unpaired) electrons. The molecule has 2 nitrogen and oxygen atoms in total. The molecule has 0 aliphatic rings. The maximum atomic E-state index is 5.49. The molecule has 0 atom stereocenters. The Morgan fingerprint density at radius 2 is 1.76 bits per heavy atom. The summed E-state index contributed by atoms with van der Waals surface area (Å²) in [5.41, 5.74) is 2.13. The molecule has 2 aromatic carbocycles. The third-order valence-electron chi connectivity index (χ3n) is 2.57. The Labute approximate surface area is 113 Å². The third kappa shape index (κ3) is 1.99. The van der Waals surface area contributed by atoms with Crippen LogP contribution < -0.4 is 3.56 Å². The van der Waals surface area contributed by atoms with Crippen molar-refractivity contribution in [1.29, 1.82) is 0 Å². The van der Waals surface area contributed by atoms with Crippen LogP contribution in [0.1, 0.15) is 0 Å². The van der Waals surface area contributed by atoms with Crippen LogP contribution >= 0.6 is 11.3 Å². The van der Waals surface area contributed by atoms with E-state index in [0.717, 1.165) is 40.5 Å². The molecule has 1 aromatic heterocycles. The predicted octanol–water partition coefficient (Wildman–Crippen LogP) is 3.80. The fourth-order valence-corrected chi connectivity index (χ4v) is 3.28. The Morgan fingerprint density at radius 3 is 2.59 bits per heavy atom. The van der Waals surface area contributed by atoms with Crippen LogP contribution in [0.2, 0.25) is 0 Å². The summed E-state index contributed by atoms with van der Waals surface area (Å²) in [7, 11) is 0. The van der Waals surface area contributed by atoms with Gasteiger partial charge in [-0.25, -0.2) is 0 Å². The molecule has 3 rings (SSSR count). The molecule has 0 amide bonds. The first-order valence-corrected chi connectivity index (χ1v) is 7.28. The number of hydrogen-bond acceptors (Lipinski definition) is 3. The number of para-hydroxylation sites is 2. The summed E-state index contributed by atoms with van der Waals surface area (Å²) < 4.78 is 6.70. The number of thiazole rings is 1. The molecule has 0 aliphatic carbocycles. The van der Waals surface area contributed by atoms with Crippen LogP contribution in [0.15, 0.2) is 48.5 Å². The van der Waals surface area contributed by atoms with E-state index >= 15 is 0 Å². The number of nitrogens with zero attached hydrogens (tertiary/aromatic N) is 1. The van der Waals surface area contributed by atoms with E-state index in [0.29, 0.717) is 0 Å². The van der Waals surface area contributed by atoms with Crippen molar-refractivity contribution in [2.45, 2.75) is 0 Å². The van der Waals surface area contributed by atoms with E-state index in [9.17, 15) is 0 Å². The van der Waals surface area contributed by atoms with Gasteiger partial charge in [-0.05, 0) is 0 Å². The summed E-state index contributed by atoms with van der Waals surface area (Å²) in [6.45, 7) is 0. The molecule has 79 valence electrons. The first-order chi connectivity index (χ1) is 8.38. The van der Waals surface area contributed by atoms with E-state index in [2.05, 4.69) is 17.1 Å². The topological polar surface area (TPSA) is 22.1 Å². The minimum absolute atomic E-state index is 0.794. The zero-order valence-corrected chi connectivity index (χ0v) is 12.9. The molecule has 0 saturated carbocycles. The minimum atomic E-state index is 0.794. The summed E-state index contributed by atoms with van der Waals surface area (Å²) in [6.07, 6.45) is 0. The molecular formula is C13H8NOSZn. The van der Waals surface area contributed by atoms with Crippen molar-refractivity contribution >= 4 is 21.6 Å². The van der Waals surface area contributed by atoms with Gasteiger partial charge in [-0.1, -0.05) is 0 Å². The van der Waals surface area contributed by atoms with Crippen LogP contribution in [0.3, 0.4) is 0 Å². The van der Waals surface area contributed by atoms with Crippen LogP contribution in [0.4, 0.5) is 0 Å². The van der Waals surface area contributed by atoms with Crippen LogP contribution in [0.5, 0.6) is 5.75 Å². The zero-order chi connectivity index (χ0) is 11.7. The molecule has 0 N–H and O–H groups in total. The Bertz CT molecular complexity index is 632. The second-order valence-electron chi connectivity index (χ2n) is 3.63. The van der Waals surface area contributed by atoms with Gasteiger partial charge >= 0.3 is 114 Å². The molecular weight excluding hydrogens is 284 g/mol. The molecule has 0 unspecified atom stereocenters. The van der Waals surface area contributed by atoms with Crippen LogP contribution in [-0.2, 0) is 18.7 Å². The SMILES string of the molecule is [Zn][O]c1ccccc1-c1nc2ccccc2s1. The average molecular weight is 292 g/mol. The van der Waals surface area contributed by atoms with Gasteiger partial charge in [0.2, 0.25) is 0 Å². The van der Waals surface area contributed by atoms with Crippen molar-refractivity contribution in [3.8, 4) is 16.3 Å². The molecule has 3 aromatic rings. The fraction of sp³-hybridized carbons (Fsp3) is 0. The molecule has 0 bridgehead atoms. The van der Waals surface area contributed by atoms with Crippen molar-refractivity contribution in [2.75, 3.05) is 0 Å². The Balaban J connectivity index is 2.20. The second kappa shape index (κ2) is 4.55. The van der Waals surface area contributed by atoms with E-state index in [-0.39, 0.29) is 0 Å². The van der Waals surface area contributed by atoms with Crippen LogP contribution in [0, 0.1) is 0 Å². The Morgan fingerprint density at radius 1 is 1.00 bits per heavy atom. The first kappa shape index (κ1) is 10.9. The van der Waals surface area contributed by atoms with Crippen molar-refractivity contribution in [2.24, 2.45) is 0 Å². The molecule has 4 heteroatoms. The summed E-state index contributed by atoms with van der Waals surface area (Å²) >= 11 is 2.50. The van der Waals surface area contributed by atoms with Gasteiger partial charge in [0.1, 0.15) is 0 Å². The number of rotatable bonds is 2. The predicted molar refractivity (Wildman–Crippen MR) is 65.7 cm³/mol. The van der Waals surface area contributed by atoms with Gasteiger partial charge in [0.25, 0.3) is 0 Å². The standard InChI is InChI=1S/C13H9NOS.Zn/c15-11-7-3-1-5-9(11)13-14-10-6-2-4-8-12(10)16-13;/h1-8,15H;/q;+1/p-1. The van der Waals surface area contributed by atoms with Crippen molar-refractivity contribution in [1.82, 2.24) is 4.98 Å². The van der Waals surface area contributed by atoms with E-state index in [1.54, 1.807) is 11.3 Å². The van der Waals surface area contributed by atoms with Crippen molar-refractivity contribution in [3.63, 3.8) is 0 Å². The number of aromatic nitrogens is 1. The normalized spacial score (nSPS) is 10.7. The summed E-state index contributed by atoms with van der Waals surface area (Å²) in [5.74, 6) is 0.923. The van der Waals surface area contributed by atoms with E-state index in [4.69, 9.17) is 3.56 Å². The van der Waals surface area contributed by atoms with Gasteiger partial charge in [0.15, 0.2) is 0 Å².